The van der Waals surface area contributed by atoms with Gasteiger partial charge in [0.2, 0.25) is 5.91 Å². The molecule has 2 aromatic carbocycles. The molecule has 136 valence electrons. The summed E-state index contributed by atoms with van der Waals surface area (Å²) in [4.78, 5) is 25.5. The number of amides is 2. The third kappa shape index (κ3) is 5.37. The lowest BCUT2D eigenvalue weighted by Crippen LogP contribution is -2.23. The van der Waals surface area contributed by atoms with Gasteiger partial charge in [0.1, 0.15) is 12.4 Å². The first-order valence-corrected chi connectivity index (χ1v) is 8.19. The molecule has 0 aliphatic rings. The number of carbonyl (C=O) groups excluding carboxylic acids is 2. The van der Waals surface area contributed by atoms with Crippen molar-refractivity contribution in [3.8, 4) is 5.75 Å². The van der Waals surface area contributed by atoms with Crippen LogP contribution in [0.5, 0.6) is 5.75 Å². The topological polar surface area (TPSA) is 70.7 Å². The highest BCUT2D eigenvalue weighted by atomic mass is 16.5. The Bertz CT molecular complexity index is 770. The molecule has 0 radical (unpaired) electrons. The fraction of sp³-hybridized carbons (Fsp3) is 0.200. The van der Waals surface area contributed by atoms with Gasteiger partial charge in [0, 0.05) is 25.3 Å². The van der Waals surface area contributed by atoms with E-state index in [-0.39, 0.29) is 18.4 Å². The molecule has 0 saturated heterocycles. The average molecular weight is 353 g/mol. The number of rotatable bonds is 8. The molecule has 0 aliphatic carbocycles. The summed E-state index contributed by atoms with van der Waals surface area (Å²) >= 11 is 0. The second-order valence-electron chi connectivity index (χ2n) is 5.77. The van der Waals surface area contributed by atoms with E-state index in [2.05, 4.69) is 17.2 Å². The molecule has 0 aliphatic heterocycles. The van der Waals surface area contributed by atoms with E-state index in [4.69, 9.17) is 4.74 Å². The summed E-state index contributed by atoms with van der Waals surface area (Å²) in [6.07, 6.45) is 1.64. The summed E-state index contributed by atoms with van der Waals surface area (Å²) < 4.78 is 5.52. The second-order valence-corrected chi connectivity index (χ2v) is 5.77. The molecule has 0 bridgehead atoms. The van der Waals surface area contributed by atoms with E-state index < -0.39 is 0 Å². The molecule has 6 nitrogen and oxygen atoms in total. The first-order valence-electron chi connectivity index (χ1n) is 8.19. The Kier molecular flexibility index (Phi) is 6.79. The van der Waals surface area contributed by atoms with Gasteiger partial charge in [-0.2, -0.15) is 0 Å². The van der Waals surface area contributed by atoms with Crippen LogP contribution in [-0.2, 0) is 4.79 Å². The monoisotopic (exact) mass is 353 g/mol. The largest absolute Gasteiger partial charge is 0.487 e. The Balaban J connectivity index is 1.91. The number of nitrogens with one attached hydrogen (secondary N) is 2. The van der Waals surface area contributed by atoms with Crippen LogP contribution in [-0.4, -0.2) is 44.0 Å². The van der Waals surface area contributed by atoms with Crippen molar-refractivity contribution in [1.82, 2.24) is 4.90 Å². The van der Waals surface area contributed by atoms with Gasteiger partial charge in [-0.05, 0) is 36.4 Å². The molecule has 0 aromatic heterocycles. The third-order valence-electron chi connectivity index (χ3n) is 3.51. The summed E-state index contributed by atoms with van der Waals surface area (Å²) in [5.41, 5.74) is 1.96. The molecule has 6 heteroatoms. The SMILES string of the molecule is C=CCOc1ccccc1NC(=O)CNc1ccc(C(=O)N(C)C)cc1. The van der Waals surface area contributed by atoms with Crippen LogP contribution >= 0.6 is 0 Å². The number of ether oxygens (including phenoxy) is 1. The van der Waals surface area contributed by atoms with Crippen LogP contribution in [0.15, 0.2) is 61.2 Å². The van der Waals surface area contributed by atoms with Crippen LogP contribution in [0.4, 0.5) is 11.4 Å². The van der Waals surface area contributed by atoms with Crippen molar-refractivity contribution in [2.24, 2.45) is 0 Å². The van der Waals surface area contributed by atoms with Crippen LogP contribution in [0.2, 0.25) is 0 Å². The van der Waals surface area contributed by atoms with Gasteiger partial charge < -0.3 is 20.3 Å². The van der Waals surface area contributed by atoms with Crippen LogP contribution in [0, 0.1) is 0 Å². The Morgan fingerprint density at radius 2 is 1.81 bits per heavy atom. The first kappa shape index (κ1) is 19.1. The average Bonchev–Trinajstić information content (AvgIpc) is 2.65. The lowest BCUT2D eigenvalue weighted by atomic mass is 10.2. The standard InChI is InChI=1S/C20H23N3O3/c1-4-13-26-18-8-6-5-7-17(18)22-19(24)14-21-16-11-9-15(10-12-16)20(25)23(2)3/h4-12,21H,1,13-14H2,2-3H3,(H,22,24). The normalized spacial score (nSPS) is 9.92. The van der Waals surface area contributed by atoms with Crippen molar-refractivity contribution in [1.29, 1.82) is 0 Å². The summed E-state index contributed by atoms with van der Waals surface area (Å²) in [5.74, 6) is 0.325. The van der Waals surface area contributed by atoms with E-state index in [1.807, 2.05) is 12.1 Å². The minimum Gasteiger partial charge on any atom is -0.487 e. The molecular weight excluding hydrogens is 330 g/mol. The Hall–Kier alpha value is -3.28. The number of anilines is 2. The van der Waals surface area contributed by atoms with Crippen molar-refractivity contribution in [3.63, 3.8) is 0 Å². The van der Waals surface area contributed by atoms with Gasteiger partial charge in [0.25, 0.3) is 5.91 Å². The molecule has 0 fully saturated rings. The molecule has 0 saturated carbocycles. The van der Waals surface area contributed by atoms with Gasteiger partial charge in [-0.15, -0.1) is 0 Å². The van der Waals surface area contributed by atoms with E-state index in [0.717, 1.165) is 5.69 Å². The second kappa shape index (κ2) is 9.27. The van der Waals surface area contributed by atoms with E-state index in [0.29, 0.717) is 23.6 Å². The molecule has 2 amide bonds. The third-order valence-corrected chi connectivity index (χ3v) is 3.51. The smallest absolute Gasteiger partial charge is 0.253 e. The van der Waals surface area contributed by atoms with Crippen molar-refractivity contribution in [3.05, 3.63) is 66.7 Å². The van der Waals surface area contributed by atoms with Gasteiger partial charge in [-0.3, -0.25) is 9.59 Å². The molecule has 2 N–H and O–H groups in total. The minimum atomic E-state index is -0.201. The summed E-state index contributed by atoms with van der Waals surface area (Å²) in [6.45, 7) is 4.07. The zero-order chi connectivity index (χ0) is 18.9. The Morgan fingerprint density at radius 3 is 2.46 bits per heavy atom. The van der Waals surface area contributed by atoms with Crippen molar-refractivity contribution in [2.45, 2.75) is 0 Å². The number of hydrogen-bond acceptors (Lipinski definition) is 4. The van der Waals surface area contributed by atoms with Gasteiger partial charge >= 0.3 is 0 Å². The lowest BCUT2D eigenvalue weighted by Gasteiger charge is -2.13. The van der Waals surface area contributed by atoms with E-state index in [1.165, 1.54) is 4.90 Å². The van der Waals surface area contributed by atoms with Gasteiger partial charge in [-0.1, -0.05) is 24.8 Å². The van der Waals surface area contributed by atoms with Gasteiger partial charge in [0.15, 0.2) is 0 Å². The highest BCUT2D eigenvalue weighted by molar-refractivity contribution is 5.96. The first-order chi connectivity index (χ1) is 12.5. The summed E-state index contributed by atoms with van der Waals surface area (Å²) in [6, 6.07) is 14.2. The Morgan fingerprint density at radius 1 is 1.12 bits per heavy atom. The molecule has 0 heterocycles. The molecule has 0 spiro atoms. The highest BCUT2D eigenvalue weighted by Gasteiger charge is 2.09. The van der Waals surface area contributed by atoms with E-state index >= 15 is 0 Å². The number of benzene rings is 2. The molecular formula is C20H23N3O3. The van der Waals surface area contributed by atoms with Crippen molar-refractivity contribution in [2.75, 3.05) is 37.9 Å². The Labute approximate surface area is 153 Å². The number of hydrogen-bond donors (Lipinski definition) is 2. The summed E-state index contributed by atoms with van der Waals surface area (Å²) in [5, 5.41) is 5.84. The predicted molar refractivity (Wildman–Crippen MR) is 104 cm³/mol. The zero-order valence-electron chi connectivity index (χ0n) is 15.0. The van der Waals surface area contributed by atoms with E-state index in [9.17, 15) is 9.59 Å². The van der Waals surface area contributed by atoms with E-state index in [1.54, 1.807) is 56.6 Å². The molecule has 0 unspecified atom stereocenters. The summed E-state index contributed by atoms with van der Waals surface area (Å²) in [7, 11) is 3.41. The lowest BCUT2D eigenvalue weighted by molar-refractivity contribution is -0.114. The highest BCUT2D eigenvalue weighted by Crippen LogP contribution is 2.23. The van der Waals surface area contributed by atoms with Crippen LogP contribution in [0.1, 0.15) is 10.4 Å². The van der Waals surface area contributed by atoms with Crippen LogP contribution in [0.25, 0.3) is 0 Å². The maximum absolute atomic E-state index is 12.2. The molecule has 2 rings (SSSR count). The quantitative estimate of drug-likeness (QED) is 0.716. The maximum atomic E-state index is 12.2. The zero-order valence-corrected chi connectivity index (χ0v) is 15.0. The maximum Gasteiger partial charge on any atom is 0.253 e. The minimum absolute atomic E-state index is 0.0644. The van der Waals surface area contributed by atoms with Crippen LogP contribution < -0.4 is 15.4 Å². The van der Waals surface area contributed by atoms with Crippen molar-refractivity contribution < 1.29 is 14.3 Å². The van der Waals surface area contributed by atoms with Crippen molar-refractivity contribution >= 4 is 23.2 Å². The fourth-order valence-electron chi connectivity index (χ4n) is 2.21. The number of para-hydroxylation sites is 2. The number of nitrogens with zero attached hydrogens (tertiary/aromatic N) is 1. The fourth-order valence-corrected chi connectivity index (χ4v) is 2.21. The molecule has 26 heavy (non-hydrogen) atoms. The van der Waals surface area contributed by atoms with Gasteiger partial charge in [-0.25, -0.2) is 0 Å². The molecule has 2 aromatic rings. The predicted octanol–water partition coefficient (Wildman–Crippen LogP) is 3.00. The van der Waals surface area contributed by atoms with Gasteiger partial charge in [0.05, 0.1) is 12.2 Å². The van der Waals surface area contributed by atoms with Crippen LogP contribution in [0.3, 0.4) is 0 Å². The molecule has 0 atom stereocenters. The number of carbonyl (C=O) groups is 2.